The van der Waals surface area contributed by atoms with Crippen molar-refractivity contribution in [3.05, 3.63) is 27.3 Å². The van der Waals surface area contributed by atoms with Crippen LogP contribution in [0.4, 0.5) is 11.4 Å². The Balaban J connectivity index is 2.05. The van der Waals surface area contributed by atoms with Crippen LogP contribution >= 0.6 is 11.3 Å². The van der Waals surface area contributed by atoms with Crippen molar-refractivity contribution >= 4 is 32.9 Å². The topological polar surface area (TPSA) is 79.5 Å². The molecule has 0 aliphatic carbocycles. The highest BCUT2D eigenvalue weighted by Crippen LogP contribution is 2.37. The number of benzene rings is 1. The van der Waals surface area contributed by atoms with Crippen LogP contribution in [0.15, 0.2) is 12.1 Å². The molecule has 1 aromatic heterocycles. The average molecular weight is 279 g/mol. The molecule has 0 radical (unpaired) electrons. The normalized spacial score (nSPS) is 15.8. The van der Waals surface area contributed by atoms with Crippen molar-refractivity contribution in [3.8, 4) is 0 Å². The van der Waals surface area contributed by atoms with E-state index in [9.17, 15) is 10.1 Å². The number of nitro benzene ring substituents is 1. The number of aryl methyl sites for hydroxylation is 1. The van der Waals surface area contributed by atoms with E-state index in [0.29, 0.717) is 18.8 Å². The fourth-order valence-electron chi connectivity index (χ4n) is 2.35. The maximum Gasteiger partial charge on any atom is 0.294 e. The predicted molar refractivity (Wildman–Crippen MR) is 73.8 cm³/mol. The lowest BCUT2D eigenvalue weighted by Gasteiger charge is -2.39. The first kappa shape index (κ1) is 12.3. The molecule has 0 unspecified atom stereocenters. The fourth-order valence-corrected chi connectivity index (χ4v) is 3.19. The van der Waals surface area contributed by atoms with E-state index in [1.54, 1.807) is 12.1 Å². The number of nitro groups is 1. The molecule has 1 fully saturated rings. The first-order chi connectivity index (χ1) is 9.08. The van der Waals surface area contributed by atoms with Gasteiger partial charge in [-0.25, -0.2) is 4.98 Å². The van der Waals surface area contributed by atoms with Crippen LogP contribution in [0.2, 0.25) is 0 Å². The minimum absolute atomic E-state index is 0.118. The third-order valence-corrected chi connectivity index (χ3v) is 4.28. The van der Waals surface area contributed by atoms with Crippen molar-refractivity contribution < 1.29 is 10.0 Å². The zero-order chi connectivity index (χ0) is 13.6. The molecule has 100 valence electrons. The molecule has 0 spiro atoms. The van der Waals surface area contributed by atoms with Gasteiger partial charge in [0, 0.05) is 31.7 Å². The van der Waals surface area contributed by atoms with Gasteiger partial charge in [-0.1, -0.05) is 0 Å². The number of thiazole rings is 1. The molecule has 0 atom stereocenters. The highest BCUT2D eigenvalue weighted by atomic mass is 32.1. The summed E-state index contributed by atoms with van der Waals surface area (Å²) in [6.45, 7) is 3.34. The van der Waals surface area contributed by atoms with Gasteiger partial charge in [-0.3, -0.25) is 10.1 Å². The zero-order valence-corrected chi connectivity index (χ0v) is 11.2. The summed E-state index contributed by atoms with van der Waals surface area (Å²) < 4.78 is 0.840. The van der Waals surface area contributed by atoms with Crippen LogP contribution in [-0.4, -0.2) is 34.7 Å². The molecular weight excluding hydrogens is 266 g/mol. The molecule has 1 aromatic carbocycles. The Morgan fingerprint density at radius 1 is 1.58 bits per heavy atom. The summed E-state index contributed by atoms with van der Waals surface area (Å²) in [5.41, 5.74) is 1.52. The van der Waals surface area contributed by atoms with E-state index < -0.39 is 0 Å². The fraction of sp³-hybridized carbons (Fsp3) is 0.417. The van der Waals surface area contributed by atoms with E-state index in [1.165, 1.54) is 11.3 Å². The quantitative estimate of drug-likeness (QED) is 0.686. The molecule has 0 bridgehead atoms. The predicted octanol–water partition coefficient (Wildman–Crippen LogP) is 1.94. The highest BCUT2D eigenvalue weighted by Gasteiger charge is 2.31. The third-order valence-electron chi connectivity index (χ3n) is 3.34. The van der Waals surface area contributed by atoms with Crippen molar-refractivity contribution in [2.75, 3.05) is 24.6 Å². The van der Waals surface area contributed by atoms with Crippen molar-refractivity contribution in [1.82, 2.24) is 4.98 Å². The number of nitrogens with zero attached hydrogens (tertiary/aromatic N) is 3. The van der Waals surface area contributed by atoms with Crippen LogP contribution < -0.4 is 4.90 Å². The number of hydrogen-bond acceptors (Lipinski definition) is 6. The smallest absolute Gasteiger partial charge is 0.294 e. The van der Waals surface area contributed by atoms with Crippen molar-refractivity contribution in [1.29, 1.82) is 0 Å². The summed E-state index contributed by atoms with van der Waals surface area (Å²) in [5, 5.41) is 21.1. The number of rotatable bonds is 3. The Morgan fingerprint density at radius 3 is 2.95 bits per heavy atom. The first-order valence-electron chi connectivity index (χ1n) is 6.00. The second kappa shape index (κ2) is 4.43. The molecule has 2 aromatic rings. The molecule has 6 nitrogen and oxygen atoms in total. The minimum atomic E-state index is -0.351. The molecule has 19 heavy (non-hydrogen) atoms. The Kier molecular flexibility index (Phi) is 2.87. The van der Waals surface area contributed by atoms with Crippen LogP contribution in [0.3, 0.4) is 0 Å². The molecule has 2 heterocycles. The van der Waals surface area contributed by atoms with Crippen molar-refractivity contribution in [2.24, 2.45) is 5.92 Å². The van der Waals surface area contributed by atoms with Gasteiger partial charge in [-0.2, -0.15) is 0 Å². The second-order valence-electron chi connectivity index (χ2n) is 4.75. The van der Waals surface area contributed by atoms with Crippen LogP contribution in [0, 0.1) is 23.0 Å². The first-order valence-corrected chi connectivity index (χ1v) is 6.81. The number of fused-ring (bicyclic) bond motifs is 1. The Labute approximate surface area is 113 Å². The molecule has 1 aliphatic rings. The van der Waals surface area contributed by atoms with Gasteiger partial charge >= 0.3 is 0 Å². The lowest BCUT2D eigenvalue weighted by Crippen LogP contribution is -2.48. The number of aliphatic hydroxyl groups excluding tert-OH is 1. The second-order valence-corrected chi connectivity index (χ2v) is 5.99. The van der Waals surface area contributed by atoms with Gasteiger partial charge in [0.05, 0.1) is 20.1 Å². The summed E-state index contributed by atoms with van der Waals surface area (Å²) in [4.78, 5) is 17.1. The molecular formula is C12H13N3O3S. The van der Waals surface area contributed by atoms with Gasteiger partial charge in [0.2, 0.25) is 0 Å². The highest BCUT2D eigenvalue weighted by molar-refractivity contribution is 7.18. The zero-order valence-electron chi connectivity index (χ0n) is 10.4. The Bertz CT molecular complexity index is 649. The SMILES string of the molecule is Cc1nc2cc(N3CC(CO)C3)c([N+](=O)[O-])cc2s1. The van der Waals surface area contributed by atoms with Crippen LogP contribution in [0.1, 0.15) is 5.01 Å². The number of hydrogen-bond donors (Lipinski definition) is 1. The summed E-state index contributed by atoms with van der Waals surface area (Å²) in [5.74, 6) is 0.215. The Hall–Kier alpha value is -1.73. The van der Waals surface area contributed by atoms with E-state index in [-0.39, 0.29) is 23.1 Å². The Morgan fingerprint density at radius 2 is 2.32 bits per heavy atom. The minimum Gasteiger partial charge on any atom is -0.396 e. The number of anilines is 1. The van der Waals surface area contributed by atoms with Gasteiger partial charge in [0.1, 0.15) is 5.69 Å². The van der Waals surface area contributed by atoms with E-state index in [1.807, 2.05) is 11.8 Å². The van der Waals surface area contributed by atoms with Gasteiger partial charge < -0.3 is 10.0 Å². The monoisotopic (exact) mass is 279 g/mol. The van der Waals surface area contributed by atoms with E-state index >= 15 is 0 Å². The maximum atomic E-state index is 11.2. The van der Waals surface area contributed by atoms with Crippen molar-refractivity contribution in [2.45, 2.75) is 6.92 Å². The lowest BCUT2D eigenvalue weighted by atomic mass is 10.00. The van der Waals surface area contributed by atoms with Crippen LogP contribution in [0.5, 0.6) is 0 Å². The molecule has 3 rings (SSSR count). The summed E-state index contributed by atoms with van der Waals surface area (Å²) in [6.07, 6.45) is 0. The van der Waals surface area contributed by atoms with Gasteiger partial charge in [0.15, 0.2) is 0 Å². The van der Waals surface area contributed by atoms with Crippen LogP contribution in [-0.2, 0) is 0 Å². The van der Waals surface area contributed by atoms with Gasteiger partial charge in [-0.05, 0) is 13.0 Å². The third kappa shape index (κ3) is 2.04. The molecule has 1 aliphatic heterocycles. The van der Waals surface area contributed by atoms with E-state index in [2.05, 4.69) is 4.98 Å². The van der Waals surface area contributed by atoms with Gasteiger partial charge in [0.25, 0.3) is 5.69 Å². The number of aliphatic hydroxyl groups is 1. The molecule has 0 saturated carbocycles. The average Bonchev–Trinajstić information content (AvgIpc) is 2.65. The largest absolute Gasteiger partial charge is 0.396 e. The maximum absolute atomic E-state index is 11.2. The van der Waals surface area contributed by atoms with Crippen LogP contribution in [0.25, 0.3) is 10.2 Å². The molecule has 7 heteroatoms. The summed E-state index contributed by atoms with van der Waals surface area (Å²) >= 11 is 1.46. The number of aromatic nitrogens is 1. The van der Waals surface area contributed by atoms with E-state index in [0.717, 1.165) is 15.2 Å². The molecule has 1 saturated heterocycles. The summed E-state index contributed by atoms with van der Waals surface area (Å²) in [7, 11) is 0. The van der Waals surface area contributed by atoms with Crippen molar-refractivity contribution in [3.63, 3.8) is 0 Å². The summed E-state index contributed by atoms with van der Waals surface area (Å²) in [6, 6.07) is 3.38. The standard InChI is InChI=1S/C12H13N3O3S/c1-7-13-9-2-10(14-4-8(5-14)6-16)11(15(17)18)3-12(9)19-7/h2-3,8,16H,4-6H2,1H3. The lowest BCUT2D eigenvalue weighted by molar-refractivity contribution is -0.384. The molecule has 0 amide bonds. The van der Waals surface area contributed by atoms with Gasteiger partial charge in [-0.15, -0.1) is 11.3 Å². The van der Waals surface area contributed by atoms with E-state index in [4.69, 9.17) is 5.11 Å². The molecule has 1 N–H and O–H groups in total.